The monoisotopic (exact) mass is 512 g/mol. The third kappa shape index (κ3) is 4.05. The molecule has 2 saturated heterocycles. The summed E-state index contributed by atoms with van der Waals surface area (Å²) >= 11 is 0. The molecule has 2 unspecified atom stereocenters. The summed E-state index contributed by atoms with van der Waals surface area (Å²) in [6.07, 6.45) is 5.78. The Bertz CT molecular complexity index is 1410. The molecule has 7 nitrogen and oxygen atoms in total. The predicted octanol–water partition coefficient (Wildman–Crippen LogP) is 4.56. The number of morpholine rings is 1. The van der Waals surface area contributed by atoms with E-state index in [1.54, 1.807) is 31.6 Å². The zero-order valence-electron chi connectivity index (χ0n) is 20.9. The SMILES string of the molecule is COc1cc(/C=C2\OC(C)(C)C3CCC(N)(c4cc(F)c(F)c(F)c4)N3C2=O)ccc1-n1cnc(C)c1. The molecular weight excluding hydrogens is 485 g/mol. The summed E-state index contributed by atoms with van der Waals surface area (Å²) < 4.78 is 55.4. The number of imidazole rings is 1. The van der Waals surface area contributed by atoms with Gasteiger partial charge in [-0.15, -0.1) is 0 Å². The molecule has 2 fully saturated rings. The fourth-order valence-electron chi connectivity index (χ4n) is 5.26. The Kier molecular flexibility index (Phi) is 5.82. The van der Waals surface area contributed by atoms with Crippen LogP contribution >= 0.6 is 0 Å². The number of nitrogens with two attached hydrogens (primary N) is 1. The molecule has 37 heavy (non-hydrogen) atoms. The molecule has 0 bridgehead atoms. The number of fused-ring (bicyclic) bond motifs is 1. The van der Waals surface area contributed by atoms with Gasteiger partial charge in [-0.1, -0.05) is 6.07 Å². The highest BCUT2D eigenvalue weighted by atomic mass is 19.2. The summed E-state index contributed by atoms with van der Waals surface area (Å²) in [6, 6.07) is 6.64. The van der Waals surface area contributed by atoms with Crippen molar-refractivity contribution in [1.29, 1.82) is 0 Å². The van der Waals surface area contributed by atoms with Gasteiger partial charge >= 0.3 is 0 Å². The van der Waals surface area contributed by atoms with Gasteiger partial charge in [0, 0.05) is 6.20 Å². The van der Waals surface area contributed by atoms with E-state index in [2.05, 4.69) is 4.98 Å². The molecule has 0 saturated carbocycles. The lowest BCUT2D eigenvalue weighted by Crippen LogP contribution is -2.63. The predicted molar refractivity (Wildman–Crippen MR) is 130 cm³/mol. The van der Waals surface area contributed by atoms with Crippen molar-refractivity contribution in [3.05, 3.63) is 82.9 Å². The van der Waals surface area contributed by atoms with Crippen LogP contribution in [0.15, 0.2) is 48.6 Å². The zero-order valence-corrected chi connectivity index (χ0v) is 20.9. The number of ether oxygens (including phenoxy) is 2. The number of nitrogens with zero attached hydrogens (tertiary/aromatic N) is 3. The molecule has 0 aliphatic carbocycles. The maximum Gasteiger partial charge on any atom is 0.291 e. The Hall–Kier alpha value is -3.79. The fraction of sp³-hybridized carbons (Fsp3) is 0.333. The average Bonchev–Trinajstić information content (AvgIpc) is 3.45. The first-order valence-electron chi connectivity index (χ1n) is 11.8. The van der Waals surface area contributed by atoms with Gasteiger partial charge in [0.25, 0.3) is 5.91 Å². The smallest absolute Gasteiger partial charge is 0.291 e. The Labute approximate surface area is 212 Å². The normalized spacial score (nSPS) is 23.8. The van der Waals surface area contributed by atoms with Gasteiger partial charge in [-0.2, -0.15) is 0 Å². The zero-order chi connectivity index (χ0) is 26.7. The molecule has 2 atom stereocenters. The van der Waals surface area contributed by atoms with E-state index in [0.717, 1.165) is 23.5 Å². The third-order valence-corrected chi connectivity index (χ3v) is 7.12. The Balaban J connectivity index is 1.55. The topological polar surface area (TPSA) is 82.6 Å². The number of carbonyl (C=O) groups excluding carboxylic acids is 1. The van der Waals surface area contributed by atoms with Gasteiger partial charge in [0.05, 0.1) is 30.9 Å². The van der Waals surface area contributed by atoms with Crippen LogP contribution in [0.5, 0.6) is 5.75 Å². The number of hydrogen-bond acceptors (Lipinski definition) is 5. The molecule has 3 heterocycles. The number of carbonyl (C=O) groups is 1. The molecule has 2 aromatic carbocycles. The van der Waals surface area contributed by atoms with Crippen LogP contribution in [0, 0.1) is 24.4 Å². The van der Waals surface area contributed by atoms with Crippen molar-refractivity contribution in [3.8, 4) is 11.4 Å². The number of rotatable bonds is 4. The summed E-state index contributed by atoms with van der Waals surface area (Å²) in [7, 11) is 1.55. The van der Waals surface area contributed by atoms with E-state index in [9.17, 15) is 18.0 Å². The Morgan fingerprint density at radius 3 is 2.51 bits per heavy atom. The van der Waals surface area contributed by atoms with Crippen LogP contribution in [-0.2, 0) is 15.2 Å². The number of halogens is 3. The van der Waals surface area contributed by atoms with Crippen LogP contribution in [0.25, 0.3) is 11.8 Å². The molecule has 194 valence electrons. The quantitative estimate of drug-likeness (QED) is 0.410. The molecule has 2 N–H and O–H groups in total. The molecule has 1 amide bonds. The summed E-state index contributed by atoms with van der Waals surface area (Å²) in [5, 5.41) is 0. The Morgan fingerprint density at radius 2 is 1.89 bits per heavy atom. The molecule has 0 radical (unpaired) electrons. The van der Waals surface area contributed by atoms with Crippen molar-refractivity contribution >= 4 is 12.0 Å². The minimum Gasteiger partial charge on any atom is -0.495 e. The fourth-order valence-corrected chi connectivity index (χ4v) is 5.26. The molecule has 0 spiro atoms. The maximum absolute atomic E-state index is 14.1. The van der Waals surface area contributed by atoms with Crippen LogP contribution in [-0.4, -0.2) is 39.1 Å². The minimum absolute atomic E-state index is 0.0153. The Morgan fingerprint density at radius 1 is 1.19 bits per heavy atom. The van der Waals surface area contributed by atoms with Crippen molar-refractivity contribution in [2.75, 3.05) is 7.11 Å². The molecule has 2 aliphatic rings. The van der Waals surface area contributed by atoms with Crippen molar-refractivity contribution in [2.24, 2.45) is 5.73 Å². The van der Waals surface area contributed by atoms with Crippen molar-refractivity contribution in [2.45, 2.75) is 50.9 Å². The lowest BCUT2D eigenvalue weighted by molar-refractivity contribution is -0.161. The van der Waals surface area contributed by atoms with Crippen molar-refractivity contribution in [1.82, 2.24) is 14.5 Å². The number of aryl methyl sites for hydroxylation is 1. The first-order valence-corrected chi connectivity index (χ1v) is 11.8. The van der Waals surface area contributed by atoms with Crippen molar-refractivity contribution in [3.63, 3.8) is 0 Å². The summed E-state index contributed by atoms with van der Waals surface area (Å²) in [5.74, 6) is -4.26. The second-order valence-electron chi connectivity index (χ2n) is 9.98. The standard InChI is InChI=1S/C27H27F3N4O3/c1-15-13-33(14-32-15)20-6-5-16(9-21(20)36-4)10-22-25(35)34-23(26(2,3)37-22)7-8-27(34,31)17-11-18(28)24(30)19(29)12-17/h5-6,9-14,23H,7-8,31H2,1-4H3/b22-10-. The van der Waals surface area contributed by atoms with Gasteiger partial charge in [0.1, 0.15) is 17.0 Å². The number of aromatic nitrogens is 2. The second-order valence-corrected chi connectivity index (χ2v) is 9.98. The van der Waals surface area contributed by atoms with Crippen LogP contribution < -0.4 is 10.5 Å². The van der Waals surface area contributed by atoms with Gasteiger partial charge in [-0.05, 0) is 75.1 Å². The number of methoxy groups -OCH3 is 1. The van der Waals surface area contributed by atoms with Crippen LogP contribution in [0.2, 0.25) is 0 Å². The third-order valence-electron chi connectivity index (χ3n) is 7.12. The van der Waals surface area contributed by atoms with Crippen LogP contribution in [0.4, 0.5) is 13.2 Å². The van der Waals surface area contributed by atoms with E-state index in [4.69, 9.17) is 15.2 Å². The summed E-state index contributed by atoms with van der Waals surface area (Å²) in [4.78, 5) is 19.4. The van der Waals surface area contributed by atoms with Gasteiger partial charge in [-0.3, -0.25) is 4.79 Å². The summed E-state index contributed by atoms with van der Waals surface area (Å²) in [5.41, 5.74) is 6.50. The molecule has 1 aromatic heterocycles. The summed E-state index contributed by atoms with van der Waals surface area (Å²) in [6.45, 7) is 5.54. The van der Waals surface area contributed by atoms with Gasteiger partial charge in [0.2, 0.25) is 0 Å². The van der Waals surface area contributed by atoms with E-state index < -0.39 is 40.7 Å². The van der Waals surface area contributed by atoms with E-state index in [1.165, 1.54) is 4.90 Å². The lowest BCUT2D eigenvalue weighted by atomic mass is 9.94. The number of hydrogen-bond donors (Lipinski definition) is 1. The number of amides is 1. The average molecular weight is 513 g/mol. The van der Waals surface area contributed by atoms with E-state index >= 15 is 0 Å². The molecular formula is C27H27F3N4O3. The molecule has 2 aliphatic heterocycles. The molecule has 3 aromatic rings. The highest BCUT2D eigenvalue weighted by Crippen LogP contribution is 2.47. The first-order chi connectivity index (χ1) is 17.4. The van der Waals surface area contributed by atoms with Gasteiger partial charge < -0.3 is 24.7 Å². The highest BCUT2D eigenvalue weighted by molar-refractivity contribution is 5.98. The van der Waals surface area contributed by atoms with Gasteiger partial charge in [-0.25, -0.2) is 18.2 Å². The second kappa shape index (κ2) is 8.65. The van der Waals surface area contributed by atoms with E-state index in [0.29, 0.717) is 17.7 Å². The number of benzene rings is 2. The van der Waals surface area contributed by atoms with Crippen molar-refractivity contribution < 1.29 is 27.4 Å². The molecule has 10 heteroatoms. The maximum atomic E-state index is 14.1. The van der Waals surface area contributed by atoms with E-state index in [-0.39, 0.29) is 17.7 Å². The van der Waals surface area contributed by atoms with Gasteiger partial charge in [0.15, 0.2) is 23.2 Å². The first kappa shape index (κ1) is 24.9. The molecule has 5 rings (SSSR count). The lowest BCUT2D eigenvalue weighted by Gasteiger charge is -2.48. The largest absolute Gasteiger partial charge is 0.495 e. The van der Waals surface area contributed by atoms with Crippen LogP contribution in [0.3, 0.4) is 0 Å². The minimum atomic E-state index is -1.58. The van der Waals surface area contributed by atoms with E-state index in [1.807, 2.05) is 37.6 Å². The highest BCUT2D eigenvalue weighted by Gasteiger charge is 2.57. The van der Waals surface area contributed by atoms with Crippen LogP contribution in [0.1, 0.15) is 43.5 Å².